The van der Waals surface area contributed by atoms with Crippen molar-refractivity contribution in [2.24, 2.45) is 0 Å². The lowest BCUT2D eigenvalue weighted by Gasteiger charge is -2.18. The lowest BCUT2D eigenvalue weighted by molar-refractivity contribution is -0.131. The molecule has 2 N–H and O–H groups in total. The van der Waals surface area contributed by atoms with Crippen molar-refractivity contribution in [1.82, 2.24) is 4.90 Å². The van der Waals surface area contributed by atoms with Gasteiger partial charge in [0.15, 0.2) is 0 Å². The molecular weight excluding hydrogens is 246 g/mol. The second-order valence-corrected chi connectivity index (χ2v) is 4.33. The zero-order valence-electron chi connectivity index (χ0n) is 10.9. The van der Waals surface area contributed by atoms with Gasteiger partial charge in [-0.2, -0.15) is 0 Å². The molecule has 1 amide bonds. The summed E-state index contributed by atoms with van der Waals surface area (Å²) in [6.07, 6.45) is 1.92. The molecule has 1 aromatic rings. The molecule has 0 fully saturated rings. The van der Waals surface area contributed by atoms with Crippen molar-refractivity contribution < 1.29 is 19.8 Å². The van der Waals surface area contributed by atoms with Crippen LogP contribution in [0.4, 0.5) is 0 Å². The van der Waals surface area contributed by atoms with Crippen molar-refractivity contribution in [3.05, 3.63) is 41.5 Å². The average molecular weight is 263 g/mol. The van der Waals surface area contributed by atoms with Gasteiger partial charge in [-0.1, -0.05) is 12.1 Å². The van der Waals surface area contributed by atoms with E-state index < -0.39 is 12.1 Å². The molecule has 0 saturated carbocycles. The van der Waals surface area contributed by atoms with Crippen LogP contribution in [0.2, 0.25) is 0 Å². The molecule has 1 unspecified atom stereocenters. The highest BCUT2D eigenvalue weighted by Gasteiger charge is 2.12. The summed E-state index contributed by atoms with van der Waals surface area (Å²) >= 11 is 0. The number of rotatable bonds is 5. The number of amides is 1. The molecule has 0 saturated heterocycles. The SMILES string of the molecule is CC(O)CN(C)C(=O)c1ccc(C=CC(=O)O)cc1. The minimum absolute atomic E-state index is 0.185. The largest absolute Gasteiger partial charge is 0.478 e. The number of carbonyl (C=O) groups excluding carboxylic acids is 1. The van der Waals surface area contributed by atoms with Crippen molar-refractivity contribution in [3.8, 4) is 0 Å². The highest BCUT2D eigenvalue weighted by Crippen LogP contribution is 2.08. The Morgan fingerprint density at radius 1 is 1.32 bits per heavy atom. The van der Waals surface area contributed by atoms with Gasteiger partial charge in [-0.05, 0) is 30.7 Å². The maximum absolute atomic E-state index is 12.0. The molecule has 102 valence electrons. The second kappa shape index (κ2) is 6.70. The number of hydrogen-bond acceptors (Lipinski definition) is 3. The molecule has 0 aliphatic heterocycles. The molecular formula is C14H17NO4. The van der Waals surface area contributed by atoms with Gasteiger partial charge in [-0.25, -0.2) is 4.79 Å². The molecule has 0 heterocycles. The third-order valence-electron chi connectivity index (χ3n) is 2.46. The fourth-order valence-electron chi connectivity index (χ4n) is 1.60. The first-order chi connectivity index (χ1) is 8.90. The maximum atomic E-state index is 12.0. The zero-order valence-corrected chi connectivity index (χ0v) is 10.9. The van der Waals surface area contributed by atoms with Crippen LogP contribution in [0.25, 0.3) is 6.08 Å². The van der Waals surface area contributed by atoms with Gasteiger partial charge in [-0.15, -0.1) is 0 Å². The fraction of sp³-hybridized carbons (Fsp3) is 0.286. The number of carbonyl (C=O) groups is 2. The van der Waals surface area contributed by atoms with Gasteiger partial charge in [0.25, 0.3) is 5.91 Å². The summed E-state index contributed by atoms with van der Waals surface area (Å²) in [6.45, 7) is 1.88. The molecule has 1 rings (SSSR count). The molecule has 0 radical (unpaired) electrons. The van der Waals surface area contributed by atoms with E-state index in [9.17, 15) is 14.7 Å². The van der Waals surface area contributed by atoms with Crippen molar-refractivity contribution in [2.45, 2.75) is 13.0 Å². The van der Waals surface area contributed by atoms with Gasteiger partial charge in [0.2, 0.25) is 0 Å². The summed E-state index contributed by atoms with van der Waals surface area (Å²) < 4.78 is 0. The second-order valence-electron chi connectivity index (χ2n) is 4.33. The number of aliphatic hydroxyl groups is 1. The van der Waals surface area contributed by atoms with Crippen LogP contribution in [-0.2, 0) is 4.79 Å². The van der Waals surface area contributed by atoms with E-state index in [1.165, 1.54) is 11.0 Å². The Morgan fingerprint density at radius 3 is 2.37 bits per heavy atom. The maximum Gasteiger partial charge on any atom is 0.328 e. The standard InChI is InChI=1S/C14H17NO4/c1-10(16)9-15(2)14(19)12-6-3-11(4-7-12)5-8-13(17)18/h3-8,10,16H,9H2,1-2H3,(H,17,18). The van der Waals surface area contributed by atoms with Gasteiger partial charge >= 0.3 is 5.97 Å². The predicted octanol–water partition coefficient (Wildman–Crippen LogP) is 1.24. The lowest BCUT2D eigenvalue weighted by Crippen LogP contribution is -2.32. The average Bonchev–Trinajstić information content (AvgIpc) is 2.35. The van der Waals surface area contributed by atoms with Crippen LogP contribution in [0.15, 0.2) is 30.3 Å². The van der Waals surface area contributed by atoms with E-state index in [1.807, 2.05) is 0 Å². The zero-order chi connectivity index (χ0) is 14.4. The third-order valence-corrected chi connectivity index (χ3v) is 2.46. The predicted molar refractivity (Wildman–Crippen MR) is 71.8 cm³/mol. The molecule has 19 heavy (non-hydrogen) atoms. The Hall–Kier alpha value is -2.14. The summed E-state index contributed by atoms with van der Waals surface area (Å²) in [6, 6.07) is 6.59. The van der Waals surface area contributed by atoms with E-state index in [2.05, 4.69) is 0 Å². The minimum Gasteiger partial charge on any atom is -0.478 e. The smallest absolute Gasteiger partial charge is 0.328 e. The lowest BCUT2D eigenvalue weighted by atomic mass is 10.1. The molecule has 0 bridgehead atoms. The monoisotopic (exact) mass is 263 g/mol. The molecule has 0 spiro atoms. The Balaban J connectivity index is 2.75. The van der Waals surface area contributed by atoms with Crippen LogP contribution in [-0.4, -0.2) is 46.7 Å². The molecule has 1 aromatic carbocycles. The first-order valence-corrected chi connectivity index (χ1v) is 5.84. The van der Waals surface area contributed by atoms with Crippen molar-refractivity contribution in [3.63, 3.8) is 0 Å². The molecule has 5 nitrogen and oxygen atoms in total. The van der Waals surface area contributed by atoms with Crippen molar-refractivity contribution >= 4 is 18.0 Å². The van der Waals surface area contributed by atoms with Crippen molar-refractivity contribution in [1.29, 1.82) is 0 Å². The van der Waals surface area contributed by atoms with Crippen LogP contribution in [0.3, 0.4) is 0 Å². The normalized spacial score (nSPS) is 12.4. The number of nitrogens with zero attached hydrogens (tertiary/aromatic N) is 1. The number of hydrogen-bond donors (Lipinski definition) is 2. The van der Waals surface area contributed by atoms with Gasteiger partial charge in [0.05, 0.1) is 6.10 Å². The van der Waals surface area contributed by atoms with Gasteiger partial charge in [0, 0.05) is 25.2 Å². The Kier molecular flexibility index (Phi) is 5.26. The number of benzene rings is 1. The first-order valence-electron chi connectivity index (χ1n) is 5.84. The van der Waals surface area contributed by atoms with E-state index in [-0.39, 0.29) is 12.5 Å². The summed E-state index contributed by atoms with van der Waals surface area (Å²) in [5, 5.41) is 17.7. The number of carboxylic acids is 1. The van der Waals surface area contributed by atoms with E-state index in [0.29, 0.717) is 11.1 Å². The highest BCUT2D eigenvalue weighted by atomic mass is 16.4. The van der Waals surface area contributed by atoms with Crippen LogP contribution in [0.1, 0.15) is 22.8 Å². The molecule has 0 aliphatic carbocycles. The van der Waals surface area contributed by atoms with Crippen LogP contribution >= 0.6 is 0 Å². The molecule has 5 heteroatoms. The highest BCUT2D eigenvalue weighted by molar-refractivity contribution is 5.94. The summed E-state index contributed by atoms with van der Waals surface area (Å²) in [5.74, 6) is -1.20. The number of carboxylic acid groups (broad SMARTS) is 1. The van der Waals surface area contributed by atoms with E-state index >= 15 is 0 Å². The Morgan fingerprint density at radius 2 is 1.89 bits per heavy atom. The molecule has 1 atom stereocenters. The minimum atomic E-state index is -1.02. The number of aliphatic carboxylic acids is 1. The van der Waals surface area contributed by atoms with E-state index in [1.54, 1.807) is 38.2 Å². The fourth-order valence-corrected chi connectivity index (χ4v) is 1.60. The van der Waals surface area contributed by atoms with Crippen LogP contribution in [0, 0.1) is 0 Å². The van der Waals surface area contributed by atoms with Crippen molar-refractivity contribution in [2.75, 3.05) is 13.6 Å². The topological polar surface area (TPSA) is 77.8 Å². The number of likely N-dealkylation sites (N-methyl/N-ethyl adjacent to an activating group) is 1. The summed E-state index contributed by atoms with van der Waals surface area (Å²) in [4.78, 5) is 23.8. The third kappa shape index (κ3) is 4.93. The Labute approximate surface area is 111 Å². The molecule has 0 aliphatic rings. The molecule has 0 aromatic heterocycles. The van der Waals surface area contributed by atoms with E-state index in [4.69, 9.17) is 5.11 Å². The summed E-state index contributed by atoms with van der Waals surface area (Å²) in [7, 11) is 1.62. The number of aliphatic hydroxyl groups excluding tert-OH is 1. The first kappa shape index (κ1) is 14.9. The summed E-state index contributed by atoms with van der Waals surface area (Å²) in [5.41, 5.74) is 1.20. The van der Waals surface area contributed by atoms with Gasteiger partial charge in [0.1, 0.15) is 0 Å². The van der Waals surface area contributed by atoms with Crippen LogP contribution < -0.4 is 0 Å². The quantitative estimate of drug-likeness (QED) is 0.783. The Bertz CT molecular complexity index is 477. The van der Waals surface area contributed by atoms with Gasteiger partial charge in [-0.3, -0.25) is 4.79 Å². The van der Waals surface area contributed by atoms with E-state index in [0.717, 1.165) is 6.08 Å². The van der Waals surface area contributed by atoms with Gasteiger partial charge < -0.3 is 15.1 Å². The van der Waals surface area contributed by atoms with Crippen LogP contribution in [0.5, 0.6) is 0 Å².